The molecule has 0 N–H and O–H groups in total. The Labute approximate surface area is 86.7 Å². The first kappa shape index (κ1) is 15.3. The highest BCUT2D eigenvalue weighted by Gasteiger charge is 1.89. The Morgan fingerprint density at radius 1 is 1.07 bits per heavy atom. The predicted octanol–water partition coefficient (Wildman–Crippen LogP) is 3.08. The molecule has 0 aliphatic rings. The lowest BCUT2D eigenvalue weighted by atomic mass is 10.2. The molecule has 0 aliphatic carbocycles. The molecule has 2 nitrogen and oxygen atoms in total. The minimum absolute atomic E-state index is 0.125. The summed E-state index contributed by atoms with van der Waals surface area (Å²) in [5, 5.41) is 0. The molecule has 0 aromatic heterocycles. The van der Waals surface area contributed by atoms with E-state index < -0.39 is 0 Å². The van der Waals surface area contributed by atoms with E-state index in [0.29, 0.717) is 6.42 Å². The van der Waals surface area contributed by atoms with Gasteiger partial charge in [0, 0.05) is 6.42 Å². The molecule has 80 valence electrons. The molecule has 0 aliphatic heterocycles. The van der Waals surface area contributed by atoms with Crippen LogP contribution in [0.3, 0.4) is 0 Å². The molecule has 0 radical (unpaired) electrons. The van der Waals surface area contributed by atoms with Crippen LogP contribution in [0.2, 0.25) is 0 Å². The van der Waals surface area contributed by atoms with Gasteiger partial charge in [-0.15, -0.1) is 0 Å². The van der Waals surface area contributed by atoms with Gasteiger partial charge >= 0.3 is 0 Å². The maximum atomic E-state index is 10.2. The SMILES string of the molecule is C=C(C)CC(C)=O.CC(=O)C=C(C)C. The lowest BCUT2D eigenvalue weighted by Gasteiger charge is -1.87. The van der Waals surface area contributed by atoms with Crippen molar-refractivity contribution in [3.05, 3.63) is 23.8 Å². The van der Waals surface area contributed by atoms with Crippen LogP contribution in [0.25, 0.3) is 0 Å². The number of ketones is 2. The van der Waals surface area contributed by atoms with Crippen molar-refractivity contribution in [3.63, 3.8) is 0 Å². The van der Waals surface area contributed by atoms with Crippen LogP contribution in [0.1, 0.15) is 41.0 Å². The summed E-state index contributed by atoms with van der Waals surface area (Å²) in [7, 11) is 0. The highest BCUT2D eigenvalue weighted by atomic mass is 16.1. The largest absolute Gasteiger partial charge is 0.300 e. The third-order valence-electron chi connectivity index (χ3n) is 1.04. The van der Waals surface area contributed by atoms with Crippen molar-refractivity contribution in [2.24, 2.45) is 0 Å². The molecule has 0 spiro atoms. The highest BCUT2D eigenvalue weighted by Crippen LogP contribution is 1.93. The Kier molecular flexibility index (Phi) is 9.20. The molecule has 0 fully saturated rings. The van der Waals surface area contributed by atoms with Crippen molar-refractivity contribution in [2.45, 2.75) is 41.0 Å². The molecule has 14 heavy (non-hydrogen) atoms. The van der Waals surface area contributed by atoms with Gasteiger partial charge in [-0.05, 0) is 40.7 Å². The van der Waals surface area contributed by atoms with Crippen molar-refractivity contribution in [1.82, 2.24) is 0 Å². The average Bonchev–Trinajstić information content (AvgIpc) is 1.79. The maximum Gasteiger partial charge on any atom is 0.152 e. The minimum Gasteiger partial charge on any atom is -0.300 e. The van der Waals surface area contributed by atoms with Crippen LogP contribution in [0.5, 0.6) is 0 Å². The van der Waals surface area contributed by atoms with Crippen LogP contribution in [-0.2, 0) is 9.59 Å². The van der Waals surface area contributed by atoms with Gasteiger partial charge in [-0.3, -0.25) is 9.59 Å². The third kappa shape index (κ3) is 22.4. The number of allylic oxidation sites excluding steroid dienone is 3. The minimum atomic E-state index is 0.125. The normalized spacial score (nSPS) is 8.07. The first-order valence-electron chi connectivity index (χ1n) is 4.55. The summed E-state index contributed by atoms with van der Waals surface area (Å²) in [5.74, 6) is 0.313. The summed E-state index contributed by atoms with van der Waals surface area (Å²) >= 11 is 0. The summed E-state index contributed by atoms with van der Waals surface area (Å²) in [6.07, 6.45) is 2.14. The van der Waals surface area contributed by atoms with Crippen molar-refractivity contribution in [2.75, 3.05) is 0 Å². The smallest absolute Gasteiger partial charge is 0.152 e. The Morgan fingerprint density at radius 2 is 1.50 bits per heavy atom. The molecule has 2 heteroatoms. The van der Waals surface area contributed by atoms with E-state index in [1.54, 1.807) is 19.9 Å². The highest BCUT2D eigenvalue weighted by molar-refractivity contribution is 5.87. The van der Waals surface area contributed by atoms with E-state index in [1.807, 2.05) is 20.8 Å². The van der Waals surface area contributed by atoms with Gasteiger partial charge in [0.05, 0.1) is 0 Å². The van der Waals surface area contributed by atoms with Crippen molar-refractivity contribution < 1.29 is 9.59 Å². The number of hydrogen-bond donors (Lipinski definition) is 0. The van der Waals surface area contributed by atoms with Gasteiger partial charge < -0.3 is 0 Å². The van der Waals surface area contributed by atoms with E-state index >= 15 is 0 Å². The monoisotopic (exact) mass is 196 g/mol. The van der Waals surface area contributed by atoms with E-state index in [4.69, 9.17) is 0 Å². The van der Waals surface area contributed by atoms with Gasteiger partial charge in [-0.1, -0.05) is 17.7 Å². The molecule has 0 heterocycles. The molecule has 0 bridgehead atoms. The van der Waals surface area contributed by atoms with Crippen LogP contribution in [0.4, 0.5) is 0 Å². The summed E-state index contributed by atoms with van der Waals surface area (Å²) in [4.78, 5) is 20.4. The van der Waals surface area contributed by atoms with Crippen LogP contribution in [0.15, 0.2) is 23.8 Å². The zero-order valence-corrected chi connectivity index (χ0v) is 9.81. The van der Waals surface area contributed by atoms with Crippen molar-refractivity contribution >= 4 is 11.6 Å². The lowest BCUT2D eigenvalue weighted by Crippen LogP contribution is -1.87. The van der Waals surface area contributed by atoms with Gasteiger partial charge in [0.2, 0.25) is 0 Å². The number of carbonyl (C=O) groups is 2. The second-order valence-corrected chi connectivity index (χ2v) is 3.67. The fourth-order valence-corrected chi connectivity index (χ4v) is 0.832. The van der Waals surface area contributed by atoms with E-state index in [-0.39, 0.29) is 11.6 Å². The second kappa shape index (κ2) is 8.42. The number of carbonyl (C=O) groups excluding carboxylic acids is 2. The van der Waals surface area contributed by atoms with E-state index in [0.717, 1.165) is 11.1 Å². The van der Waals surface area contributed by atoms with Gasteiger partial charge in [-0.2, -0.15) is 0 Å². The predicted molar refractivity (Wildman–Crippen MR) is 60.2 cm³/mol. The average molecular weight is 196 g/mol. The van der Waals surface area contributed by atoms with Gasteiger partial charge in [0.15, 0.2) is 5.78 Å². The topological polar surface area (TPSA) is 34.1 Å². The molecule has 0 unspecified atom stereocenters. The van der Waals surface area contributed by atoms with Crippen molar-refractivity contribution in [3.8, 4) is 0 Å². The number of rotatable bonds is 3. The molecule has 0 atom stereocenters. The third-order valence-corrected chi connectivity index (χ3v) is 1.04. The van der Waals surface area contributed by atoms with E-state index in [2.05, 4.69) is 6.58 Å². The molecule has 0 rings (SSSR count). The van der Waals surface area contributed by atoms with Gasteiger partial charge in [0.1, 0.15) is 5.78 Å². The Bertz CT molecular complexity index is 231. The van der Waals surface area contributed by atoms with Crippen LogP contribution in [0, 0.1) is 0 Å². The van der Waals surface area contributed by atoms with Gasteiger partial charge in [0.25, 0.3) is 0 Å². The molecule has 0 saturated heterocycles. The first-order chi connectivity index (χ1) is 6.25. The van der Waals surface area contributed by atoms with E-state index in [1.165, 1.54) is 0 Å². The fraction of sp³-hybridized carbons (Fsp3) is 0.500. The molecular weight excluding hydrogens is 176 g/mol. The summed E-state index contributed by atoms with van der Waals surface area (Å²) in [6, 6.07) is 0. The molecule has 0 aromatic carbocycles. The maximum absolute atomic E-state index is 10.2. The summed E-state index contributed by atoms with van der Waals surface area (Å²) in [6.45, 7) is 12.3. The van der Waals surface area contributed by atoms with Gasteiger partial charge in [-0.25, -0.2) is 0 Å². The van der Waals surface area contributed by atoms with Crippen LogP contribution < -0.4 is 0 Å². The quantitative estimate of drug-likeness (QED) is 0.513. The standard InChI is InChI=1S/2C6H10O/c2*1-5(2)4-6(3)7/h4H,1-3H3;1,4H2,2-3H3. The zero-order valence-electron chi connectivity index (χ0n) is 9.81. The summed E-state index contributed by atoms with van der Waals surface area (Å²) < 4.78 is 0. The Morgan fingerprint density at radius 3 is 1.50 bits per heavy atom. The molecule has 0 amide bonds. The molecular formula is C12H20O2. The number of hydrogen-bond acceptors (Lipinski definition) is 2. The van der Waals surface area contributed by atoms with E-state index in [9.17, 15) is 9.59 Å². The number of Topliss-reactive ketones (excluding diaryl/α,β-unsaturated/α-hetero) is 1. The lowest BCUT2D eigenvalue weighted by molar-refractivity contribution is -0.116. The van der Waals surface area contributed by atoms with Crippen molar-refractivity contribution in [1.29, 1.82) is 0 Å². The Hall–Kier alpha value is -1.18. The first-order valence-corrected chi connectivity index (χ1v) is 4.55. The molecule has 0 aromatic rings. The fourth-order valence-electron chi connectivity index (χ4n) is 0.832. The summed E-state index contributed by atoms with van der Waals surface area (Å²) in [5.41, 5.74) is 2.00. The Balaban J connectivity index is 0. The van der Waals surface area contributed by atoms with Crippen LogP contribution in [-0.4, -0.2) is 11.6 Å². The second-order valence-electron chi connectivity index (χ2n) is 3.67. The van der Waals surface area contributed by atoms with Crippen LogP contribution >= 0.6 is 0 Å². The zero-order chi connectivity index (χ0) is 11.7. The molecule has 0 saturated carbocycles.